The molecule has 0 bridgehead atoms. The standard InChI is InChI=1S/C11H16N2/c1-5-9(2)6-10(3)11-7-12-13(4)8-11/h5-8H,1-4H3. The third-order valence-corrected chi connectivity index (χ3v) is 2.06. The van der Waals surface area contributed by atoms with Gasteiger partial charge in [0.05, 0.1) is 6.20 Å². The molecule has 0 aliphatic rings. The summed E-state index contributed by atoms with van der Waals surface area (Å²) in [7, 11) is 1.93. The average Bonchev–Trinajstić information content (AvgIpc) is 2.51. The van der Waals surface area contributed by atoms with Crippen LogP contribution in [0.2, 0.25) is 0 Å². The number of hydrogen-bond donors (Lipinski definition) is 0. The molecule has 70 valence electrons. The normalized spacial score (nSPS) is 13.5. The molecule has 1 rings (SSSR count). The predicted octanol–water partition coefficient (Wildman–Crippen LogP) is 2.79. The van der Waals surface area contributed by atoms with Crippen molar-refractivity contribution in [2.45, 2.75) is 20.8 Å². The molecule has 1 aromatic rings. The van der Waals surface area contributed by atoms with Gasteiger partial charge < -0.3 is 0 Å². The van der Waals surface area contributed by atoms with Gasteiger partial charge in [-0.2, -0.15) is 5.10 Å². The minimum absolute atomic E-state index is 1.18. The Bertz CT molecular complexity index is 343. The fourth-order valence-electron chi connectivity index (χ4n) is 1.13. The van der Waals surface area contributed by atoms with Gasteiger partial charge in [0.2, 0.25) is 0 Å². The molecule has 2 heteroatoms. The zero-order valence-corrected chi connectivity index (χ0v) is 8.70. The van der Waals surface area contributed by atoms with E-state index in [-0.39, 0.29) is 0 Å². The lowest BCUT2D eigenvalue weighted by Crippen LogP contribution is -1.84. The summed E-state index contributed by atoms with van der Waals surface area (Å²) < 4.78 is 1.82. The smallest absolute Gasteiger partial charge is 0.0564 e. The molecule has 0 aliphatic heterocycles. The minimum Gasteiger partial charge on any atom is -0.275 e. The molecule has 0 radical (unpaired) electrons. The van der Waals surface area contributed by atoms with Crippen LogP contribution in [-0.4, -0.2) is 9.78 Å². The Hall–Kier alpha value is -1.31. The van der Waals surface area contributed by atoms with Gasteiger partial charge in [-0.3, -0.25) is 4.68 Å². The van der Waals surface area contributed by atoms with Gasteiger partial charge in [-0.1, -0.05) is 17.7 Å². The van der Waals surface area contributed by atoms with Crippen LogP contribution in [0.4, 0.5) is 0 Å². The van der Waals surface area contributed by atoms with E-state index in [1.165, 1.54) is 16.7 Å². The Balaban J connectivity index is 2.91. The zero-order chi connectivity index (χ0) is 9.84. The van der Waals surface area contributed by atoms with Gasteiger partial charge in [0.1, 0.15) is 0 Å². The van der Waals surface area contributed by atoms with E-state index in [1.807, 2.05) is 31.0 Å². The zero-order valence-electron chi connectivity index (χ0n) is 8.70. The summed E-state index contributed by atoms with van der Waals surface area (Å²) >= 11 is 0. The summed E-state index contributed by atoms with van der Waals surface area (Å²) in [6.45, 7) is 6.24. The van der Waals surface area contributed by atoms with E-state index >= 15 is 0 Å². The summed E-state index contributed by atoms with van der Waals surface area (Å²) in [6.07, 6.45) is 8.17. The van der Waals surface area contributed by atoms with E-state index in [9.17, 15) is 0 Å². The number of nitrogens with zero attached hydrogens (tertiary/aromatic N) is 2. The lowest BCUT2D eigenvalue weighted by Gasteiger charge is -1.96. The van der Waals surface area contributed by atoms with Crippen LogP contribution < -0.4 is 0 Å². The van der Waals surface area contributed by atoms with E-state index in [0.717, 1.165) is 0 Å². The van der Waals surface area contributed by atoms with Crippen LogP contribution in [0.1, 0.15) is 26.3 Å². The molecule has 13 heavy (non-hydrogen) atoms. The molecule has 0 fully saturated rings. The van der Waals surface area contributed by atoms with Crippen molar-refractivity contribution in [2.75, 3.05) is 0 Å². The molecule has 0 aromatic carbocycles. The maximum atomic E-state index is 4.13. The molecule has 0 amide bonds. The van der Waals surface area contributed by atoms with Gasteiger partial charge in [-0.15, -0.1) is 0 Å². The SMILES string of the molecule is CC=C(C)C=C(C)c1cnn(C)c1. The maximum Gasteiger partial charge on any atom is 0.0564 e. The van der Waals surface area contributed by atoms with Crippen molar-refractivity contribution in [2.24, 2.45) is 7.05 Å². The van der Waals surface area contributed by atoms with Gasteiger partial charge >= 0.3 is 0 Å². The highest BCUT2D eigenvalue weighted by Crippen LogP contribution is 2.14. The summed E-state index contributed by atoms with van der Waals surface area (Å²) in [4.78, 5) is 0. The highest BCUT2D eigenvalue weighted by atomic mass is 15.2. The largest absolute Gasteiger partial charge is 0.275 e. The third-order valence-electron chi connectivity index (χ3n) is 2.06. The van der Waals surface area contributed by atoms with Crippen molar-refractivity contribution >= 4 is 5.57 Å². The summed E-state index contributed by atoms with van der Waals surface area (Å²) in [6, 6.07) is 0. The van der Waals surface area contributed by atoms with Gasteiger partial charge in [0.15, 0.2) is 0 Å². The molecule has 0 N–H and O–H groups in total. The van der Waals surface area contributed by atoms with Crippen molar-refractivity contribution in [3.8, 4) is 0 Å². The Morgan fingerprint density at radius 3 is 2.62 bits per heavy atom. The van der Waals surface area contributed by atoms with Crippen LogP contribution in [0.5, 0.6) is 0 Å². The molecule has 0 saturated heterocycles. The first-order valence-corrected chi connectivity index (χ1v) is 4.43. The van der Waals surface area contributed by atoms with E-state index in [0.29, 0.717) is 0 Å². The summed E-state index contributed by atoms with van der Waals surface area (Å²) in [5.74, 6) is 0. The minimum atomic E-state index is 1.18. The first-order valence-electron chi connectivity index (χ1n) is 4.43. The van der Waals surface area contributed by atoms with Gasteiger partial charge in [0.25, 0.3) is 0 Å². The Morgan fingerprint density at radius 2 is 2.15 bits per heavy atom. The number of hydrogen-bond acceptors (Lipinski definition) is 1. The van der Waals surface area contributed by atoms with Crippen LogP contribution in [0, 0.1) is 0 Å². The van der Waals surface area contributed by atoms with Crippen LogP contribution >= 0.6 is 0 Å². The maximum absolute atomic E-state index is 4.13. The van der Waals surface area contributed by atoms with Crippen molar-refractivity contribution in [3.05, 3.63) is 35.7 Å². The van der Waals surface area contributed by atoms with E-state index in [1.54, 1.807) is 0 Å². The Morgan fingerprint density at radius 1 is 1.46 bits per heavy atom. The second kappa shape index (κ2) is 4.08. The molecular formula is C11H16N2. The van der Waals surface area contributed by atoms with Crippen molar-refractivity contribution < 1.29 is 0 Å². The first kappa shape index (κ1) is 9.78. The van der Waals surface area contributed by atoms with Gasteiger partial charge in [0, 0.05) is 18.8 Å². The molecule has 1 heterocycles. The second-order valence-electron chi connectivity index (χ2n) is 3.26. The molecule has 0 saturated carbocycles. The average molecular weight is 176 g/mol. The van der Waals surface area contributed by atoms with Crippen LogP contribution in [0.3, 0.4) is 0 Å². The number of aromatic nitrogens is 2. The fourth-order valence-corrected chi connectivity index (χ4v) is 1.13. The molecule has 0 unspecified atom stereocenters. The van der Waals surface area contributed by atoms with Crippen LogP contribution in [0.15, 0.2) is 30.1 Å². The van der Waals surface area contributed by atoms with E-state index in [4.69, 9.17) is 0 Å². The molecule has 0 aliphatic carbocycles. The molecule has 0 spiro atoms. The predicted molar refractivity (Wildman–Crippen MR) is 56.3 cm³/mol. The van der Waals surface area contributed by atoms with E-state index < -0.39 is 0 Å². The Labute approximate surface area is 79.6 Å². The lowest BCUT2D eigenvalue weighted by atomic mass is 10.1. The molecule has 0 atom stereocenters. The first-order chi connectivity index (χ1) is 6.13. The number of allylic oxidation sites excluding steroid dienone is 4. The molecule has 2 nitrogen and oxygen atoms in total. The van der Waals surface area contributed by atoms with E-state index in [2.05, 4.69) is 31.1 Å². The van der Waals surface area contributed by atoms with Crippen molar-refractivity contribution in [1.29, 1.82) is 0 Å². The van der Waals surface area contributed by atoms with Gasteiger partial charge in [-0.05, 0) is 26.3 Å². The molecule has 1 aromatic heterocycles. The van der Waals surface area contributed by atoms with Gasteiger partial charge in [-0.25, -0.2) is 0 Å². The quantitative estimate of drug-likeness (QED) is 0.633. The highest BCUT2D eigenvalue weighted by Gasteiger charge is 1.97. The summed E-state index contributed by atoms with van der Waals surface area (Å²) in [5.41, 5.74) is 3.72. The van der Waals surface area contributed by atoms with Crippen LogP contribution in [0.25, 0.3) is 5.57 Å². The van der Waals surface area contributed by atoms with Crippen LogP contribution in [-0.2, 0) is 7.05 Å². The third kappa shape index (κ3) is 2.58. The Kier molecular flexibility index (Phi) is 3.07. The highest BCUT2D eigenvalue weighted by molar-refractivity contribution is 5.65. The second-order valence-corrected chi connectivity index (χ2v) is 3.26. The van der Waals surface area contributed by atoms with Crippen molar-refractivity contribution in [3.63, 3.8) is 0 Å². The molecular weight excluding hydrogens is 160 g/mol. The monoisotopic (exact) mass is 176 g/mol. The topological polar surface area (TPSA) is 17.8 Å². The number of rotatable bonds is 2. The number of aryl methyl sites for hydroxylation is 1. The fraction of sp³-hybridized carbons (Fsp3) is 0.364. The summed E-state index contributed by atoms with van der Waals surface area (Å²) in [5, 5.41) is 4.13. The lowest BCUT2D eigenvalue weighted by molar-refractivity contribution is 0.767. The van der Waals surface area contributed by atoms with Crippen molar-refractivity contribution in [1.82, 2.24) is 9.78 Å².